The number of aliphatic hydroxyl groups is 2. The molecule has 0 aromatic carbocycles. The molecule has 0 amide bonds. The summed E-state index contributed by atoms with van der Waals surface area (Å²) in [5.74, 6) is 0. The Hall–Kier alpha value is 0.790. The van der Waals surface area contributed by atoms with Crippen molar-refractivity contribution in [1.82, 2.24) is 0 Å². The first-order chi connectivity index (χ1) is 5.00. The van der Waals surface area contributed by atoms with E-state index >= 15 is 0 Å². The lowest BCUT2D eigenvalue weighted by molar-refractivity contribution is 0.0904. The van der Waals surface area contributed by atoms with E-state index in [1.165, 1.54) is 0 Å². The van der Waals surface area contributed by atoms with Gasteiger partial charge in [0.1, 0.15) is 0 Å². The Labute approximate surface area is 81.1 Å². The van der Waals surface area contributed by atoms with Crippen molar-refractivity contribution < 1.29 is 10.2 Å². The van der Waals surface area contributed by atoms with Crippen LogP contribution in [0.1, 0.15) is 6.92 Å². The summed E-state index contributed by atoms with van der Waals surface area (Å²) < 4.78 is 0. The van der Waals surface area contributed by atoms with Crippen LogP contribution in [0.4, 0.5) is 0 Å². The first-order valence-corrected chi connectivity index (χ1v) is 4.52. The molecule has 11 heavy (non-hydrogen) atoms. The molecule has 68 valence electrons. The van der Waals surface area contributed by atoms with Crippen LogP contribution >= 0.6 is 34.8 Å². The molecule has 0 aliphatic rings. The number of alkyl halides is 3. The van der Waals surface area contributed by atoms with E-state index in [1.807, 2.05) is 0 Å². The van der Waals surface area contributed by atoms with Gasteiger partial charge in [-0.3, -0.25) is 0 Å². The van der Waals surface area contributed by atoms with E-state index in [0.29, 0.717) is 0 Å². The van der Waals surface area contributed by atoms with Crippen molar-refractivity contribution in [2.45, 2.75) is 29.2 Å². The van der Waals surface area contributed by atoms with Gasteiger partial charge >= 0.3 is 0 Å². The smallest absolute Gasteiger partial charge is 0.0949 e. The standard InChI is InChI=1S/C6H11Cl3O2/c1-3(7)5(8)6(9)4(11)2-10/h3-6,10-11H,2H2,1H3/t3-,4-,5-,6+/m1/s1. The van der Waals surface area contributed by atoms with Gasteiger partial charge in [0.25, 0.3) is 0 Å². The van der Waals surface area contributed by atoms with Gasteiger partial charge in [0.15, 0.2) is 0 Å². The molecule has 0 fully saturated rings. The van der Waals surface area contributed by atoms with Gasteiger partial charge in [-0.25, -0.2) is 0 Å². The van der Waals surface area contributed by atoms with Gasteiger partial charge < -0.3 is 10.2 Å². The molecule has 0 aromatic rings. The monoisotopic (exact) mass is 220 g/mol. The quantitative estimate of drug-likeness (QED) is 0.700. The topological polar surface area (TPSA) is 40.5 Å². The minimum absolute atomic E-state index is 0.333. The van der Waals surface area contributed by atoms with E-state index in [0.717, 1.165) is 0 Å². The van der Waals surface area contributed by atoms with Crippen LogP contribution in [0.15, 0.2) is 0 Å². The molecule has 5 heteroatoms. The number of hydrogen-bond acceptors (Lipinski definition) is 2. The van der Waals surface area contributed by atoms with Gasteiger partial charge in [-0.1, -0.05) is 0 Å². The SMILES string of the molecule is C[C@@H](Cl)[C@@H](Cl)[C@@H](Cl)[C@H](O)CO. The minimum Gasteiger partial charge on any atom is -0.394 e. The molecule has 2 nitrogen and oxygen atoms in total. The highest BCUT2D eigenvalue weighted by Crippen LogP contribution is 2.20. The number of hydrogen-bond donors (Lipinski definition) is 2. The molecule has 0 spiro atoms. The van der Waals surface area contributed by atoms with E-state index in [4.69, 9.17) is 45.0 Å². The van der Waals surface area contributed by atoms with Gasteiger partial charge in [-0.15, -0.1) is 34.8 Å². The lowest BCUT2D eigenvalue weighted by atomic mass is 10.1. The molecule has 2 N–H and O–H groups in total. The summed E-state index contributed by atoms with van der Waals surface area (Å²) in [4.78, 5) is 0. The highest BCUT2D eigenvalue weighted by molar-refractivity contribution is 6.35. The van der Waals surface area contributed by atoms with Gasteiger partial charge in [0.05, 0.1) is 23.5 Å². The first-order valence-electron chi connectivity index (χ1n) is 3.21. The summed E-state index contributed by atoms with van der Waals surface area (Å²) >= 11 is 17.0. The summed E-state index contributed by atoms with van der Waals surface area (Å²) in [5.41, 5.74) is 0. The van der Waals surface area contributed by atoms with Gasteiger partial charge in [0.2, 0.25) is 0 Å². The van der Waals surface area contributed by atoms with Crippen molar-refractivity contribution in [3.05, 3.63) is 0 Å². The van der Waals surface area contributed by atoms with Gasteiger partial charge in [-0.2, -0.15) is 0 Å². The Morgan fingerprint density at radius 2 is 1.64 bits per heavy atom. The van der Waals surface area contributed by atoms with Crippen molar-refractivity contribution in [1.29, 1.82) is 0 Å². The normalized spacial score (nSPS) is 22.4. The van der Waals surface area contributed by atoms with Crippen molar-refractivity contribution >= 4 is 34.8 Å². The molecule has 0 heterocycles. The molecule has 4 atom stereocenters. The van der Waals surface area contributed by atoms with Crippen LogP contribution in [0.2, 0.25) is 0 Å². The van der Waals surface area contributed by atoms with Crippen LogP contribution in [0.3, 0.4) is 0 Å². The van der Waals surface area contributed by atoms with Gasteiger partial charge in [0, 0.05) is 5.38 Å². The predicted octanol–water partition coefficient (Wildman–Crippen LogP) is 1.18. The molecule has 0 aromatic heterocycles. The number of aliphatic hydroxyl groups excluding tert-OH is 2. The zero-order valence-electron chi connectivity index (χ0n) is 6.04. The zero-order valence-corrected chi connectivity index (χ0v) is 8.31. The third kappa shape index (κ3) is 3.81. The average molecular weight is 222 g/mol. The third-order valence-electron chi connectivity index (χ3n) is 1.30. The summed E-state index contributed by atoms with van der Waals surface area (Å²) in [6.07, 6.45) is -1.01. The highest BCUT2D eigenvalue weighted by atomic mass is 35.5. The summed E-state index contributed by atoms with van der Waals surface area (Å²) in [5, 5.41) is 15.9. The first kappa shape index (κ1) is 11.8. The fourth-order valence-electron chi connectivity index (χ4n) is 0.566. The number of halogens is 3. The molecular weight excluding hydrogens is 210 g/mol. The molecule has 0 bridgehead atoms. The maximum atomic E-state index is 9.02. The van der Waals surface area contributed by atoms with Crippen molar-refractivity contribution in [2.24, 2.45) is 0 Å². The predicted molar refractivity (Wildman–Crippen MR) is 47.7 cm³/mol. The maximum absolute atomic E-state index is 9.02. The van der Waals surface area contributed by atoms with E-state index in [1.54, 1.807) is 6.92 Å². The minimum atomic E-state index is -1.01. The van der Waals surface area contributed by atoms with E-state index < -0.39 is 23.5 Å². The lowest BCUT2D eigenvalue weighted by Gasteiger charge is -2.21. The second-order valence-electron chi connectivity index (χ2n) is 2.32. The van der Waals surface area contributed by atoms with Crippen molar-refractivity contribution in [3.8, 4) is 0 Å². The Kier molecular flexibility index (Phi) is 5.83. The van der Waals surface area contributed by atoms with Crippen molar-refractivity contribution in [2.75, 3.05) is 6.61 Å². The van der Waals surface area contributed by atoms with E-state index in [-0.39, 0.29) is 5.38 Å². The fraction of sp³-hybridized carbons (Fsp3) is 1.00. The highest BCUT2D eigenvalue weighted by Gasteiger charge is 2.27. The Morgan fingerprint density at radius 1 is 1.18 bits per heavy atom. The summed E-state index contributed by atoms with van der Waals surface area (Å²) in [6, 6.07) is 0. The van der Waals surface area contributed by atoms with Crippen LogP contribution in [0.5, 0.6) is 0 Å². The van der Waals surface area contributed by atoms with Crippen LogP contribution in [0.25, 0.3) is 0 Å². The molecule has 0 saturated heterocycles. The third-order valence-corrected chi connectivity index (χ3v) is 3.04. The second-order valence-corrected chi connectivity index (χ2v) is 4.01. The van der Waals surface area contributed by atoms with Crippen LogP contribution < -0.4 is 0 Å². The molecule has 0 aliphatic heterocycles. The van der Waals surface area contributed by atoms with Crippen LogP contribution in [-0.2, 0) is 0 Å². The Bertz CT molecular complexity index is 110. The van der Waals surface area contributed by atoms with Crippen molar-refractivity contribution in [3.63, 3.8) is 0 Å². The average Bonchev–Trinajstić information content (AvgIpc) is 2.00. The molecule has 0 aliphatic carbocycles. The van der Waals surface area contributed by atoms with E-state index in [9.17, 15) is 0 Å². The Morgan fingerprint density at radius 3 is 1.91 bits per heavy atom. The van der Waals surface area contributed by atoms with Gasteiger partial charge in [-0.05, 0) is 6.92 Å². The maximum Gasteiger partial charge on any atom is 0.0949 e. The van der Waals surface area contributed by atoms with E-state index in [2.05, 4.69) is 0 Å². The van der Waals surface area contributed by atoms with Crippen LogP contribution in [0, 0.1) is 0 Å². The second kappa shape index (κ2) is 5.44. The largest absolute Gasteiger partial charge is 0.394 e. The number of rotatable bonds is 4. The molecule has 0 unspecified atom stereocenters. The molecule has 0 radical (unpaired) electrons. The lowest BCUT2D eigenvalue weighted by Crippen LogP contribution is -2.36. The molecular formula is C6H11Cl3O2. The molecule has 0 saturated carbocycles. The molecule has 0 rings (SSSR count). The fourth-order valence-corrected chi connectivity index (χ4v) is 1.26. The summed E-state index contributed by atoms with van der Waals surface area (Å²) in [6.45, 7) is 1.28. The zero-order chi connectivity index (χ0) is 9.02. The Balaban J connectivity index is 3.90. The van der Waals surface area contributed by atoms with Crippen LogP contribution in [-0.4, -0.2) is 39.1 Å². The summed E-state index contributed by atoms with van der Waals surface area (Å²) in [7, 11) is 0.